The Bertz CT molecular complexity index is 791. The molecule has 0 radical (unpaired) electrons. The second-order valence-corrected chi connectivity index (χ2v) is 6.78. The molecule has 1 aromatic rings. The fourth-order valence-corrected chi connectivity index (χ4v) is 2.95. The Morgan fingerprint density at radius 2 is 1.69 bits per heavy atom. The minimum Gasteiger partial charge on any atom is -0.491 e. The van der Waals surface area contributed by atoms with Crippen molar-refractivity contribution in [3.63, 3.8) is 0 Å². The van der Waals surface area contributed by atoms with Crippen molar-refractivity contribution in [2.45, 2.75) is 6.42 Å². The molecule has 0 bridgehead atoms. The van der Waals surface area contributed by atoms with E-state index >= 15 is 0 Å². The fourth-order valence-electron chi connectivity index (χ4n) is 2.95. The zero-order chi connectivity index (χ0) is 23.3. The zero-order valence-corrected chi connectivity index (χ0v) is 17.7. The molecule has 1 aromatic carbocycles. The van der Waals surface area contributed by atoms with E-state index in [4.69, 9.17) is 24.8 Å². The van der Waals surface area contributed by atoms with Crippen LogP contribution < -0.4 is 10.1 Å². The number of carbonyl (C=O) groups excluding carboxylic acids is 3. The molecule has 0 atom stereocenters. The number of nitrogens with one attached hydrogen (secondary N) is 1. The van der Waals surface area contributed by atoms with E-state index in [-0.39, 0.29) is 64.1 Å². The number of aliphatic hydroxyl groups excluding tert-OH is 3. The van der Waals surface area contributed by atoms with E-state index in [2.05, 4.69) is 5.32 Å². The van der Waals surface area contributed by atoms with E-state index in [1.54, 1.807) is 24.3 Å². The molecule has 0 unspecified atom stereocenters. The molecule has 0 aromatic heterocycles. The molecule has 176 valence electrons. The van der Waals surface area contributed by atoms with Crippen LogP contribution in [0, 0.1) is 0 Å². The van der Waals surface area contributed by atoms with Crippen LogP contribution in [0.5, 0.6) is 5.75 Å². The van der Waals surface area contributed by atoms with Gasteiger partial charge in [-0.2, -0.15) is 0 Å². The second-order valence-electron chi connectivity index (χ2n) is 6.78. The summed E-state index contributed by atoms with van der Waals surface area (Å²) in [5.41, 5.74) is 0.767. The molecule has 32 heavy (non-hydrogen) atoms. The first kappa shape index (κ1) is 25.3. The summed E-state index contributed by atoms with van der Waals surface area (Å²) in [6.07, 6.45) is 1.42. The highest BCUT2D eigenvalue weighted by molar-refractivity contribution is 6.14. The van der Waals surface area contributed by atoms with Crippen LogP contribution in [-0.2, 0) is 14.3 Å². The third-order valence-corrected chi connectivity index (χ3v) is 4.53. The lowest BCUT2D eigenvalue weighted by molar-refractivity contribution is -0.132. The van der Waals surface area contributed by atoms with Crippen LogP contribution in [0.3, 0.4) is 0 Å². The van der Waals surface area contributed by atoms with Gasteiger partial charge in [-0.1, -0.05) is 12.1 Å². The van der Waals surface area contributed by atoms with Gasteiger partial charge < -0.3 is 35.0 Å². The van der Waals surface area contributed by atoms with Crippen LogP contribution in [0.2, 0.25) is 0 Å². The van der Waals surface area contributed by atoms with Gasteiger partial charge in [-0.3, -0.25) is 14.5 Å². The van der Waals surface area contributed by atoms with E-state index in [9.17, 15) is 14.4 Å². The van der Waals surface area contributed by atoms with Crippen LogP contribution in [0.1, 0.15) is 12.0 Å². The predicted octanol–water partition coefficient (Wildman–Crippen LogP) is -0.830. The Kier molecular flexibility index (Phi) is 10.6. The molecular formula is C21H29N3O8. The van der Waals surface area contributed by atoms with Gasteiger partial charge in [0.25, 0.3) is 5.91 Å². The molecule has 4 N–H and O–H groups in total. The summed E-state index contributed by atoms with van der Waals surface area (Å²) in [6, 6.07) is 6.27. The number of hydrogen-bond acceptors (Lipinski definition) is 8. The van der Waals surface area contributed by atoms with E-state index in [0.717, 1.165) is 4.90 Å². The van der Waals surface area contributed by atoms with Crippen molar-refractivity contribution in [3.8, 4) is 5.75 Å². The van der Waals surface area contributed by atoms with Crippen molar-refractivity contribution in [1.29, 1.82) is 0 Å². The number of nitrogens with zero attached hydrogens (tertiary/aromatic N) is 2. The fraction of sp³-hybridized carbons (Fsp3) is 0.476. The Morgan fingerprint density at radius 1 is 1.00 bits per heavy atom. The molecule has 1 aliphatic heterocycles. The maximum atomic E-state index is 12.6. The number of amides is 4. The monoisotopic (exact) mass is 451 g/mol. The first-order chi connectivity index (χ1) is 15.5. The van der Waals surface area contributed by atoms with Crippen LogP contribution in [0.25, 0.3) is 6.08 Å². The first-order valence-corrected chi connectivity index (χ1v) is 10.3. The number of ether oxygens (including phenoxy) is 2. The van der Waals surface area contributed by atoms with Crippen LogP contribution in [0.15, 0.2) is 30.0 Å². The molecule has 11 nitrogen and oxygen atoms in total. The van der Waals surface area contributed by atoms with Crippen molar-refractivity contribution in [3.05, 3.63) is 35.5 Å². The van der Waals surface area contributed by atoms with Gasteiger partial charge >= 0.3 is 6.03 Å². The minimum atomic E-state index is -0.618. The summed E-state index contributed by atoms with van der Waals surface area (Å²) in [4.78, 5) is 39.2. The molecule has 0 spiro atoms. The molecule has 4 amide bonds. The number of rotatable bonds is 14. The summed E-state index contributed by atoms with van der Waals surface area (Å²) in [5.74, 6) is -0.305. The maximum Gasteiger partial charge on any atom is 0.329 e. The summed E-state index contributed by atoms with van der Waals surface area (Å²) in [6.45, 7) is 0.425. The molecule has 11 heteroatoms. The number of benzene rings is 1. The van der Waals surface area contributed by atoms with Crippen LogP contribution in [0.4, 0.5) is 4.79 Å². The van der Waals surface area contributed by atoms with E-state index in [1.165, 1.54) is 11.0 Å². The molecule has 0 aliphatic carbocycles. The van der Waals surface area contributed by atoms with Gasteiger partial charge in [0.15, 0.2) is 0 Å². The average molecular weight is 451 g/mol. The third-order valence-electron chi connectivity index (χ3n) is 4.53. The number of aliphatic hydroxyl groups is 3. The van der Waals surface area contributed by atoms with E-state index < -0.39 is 11.9 Å². The van der Waals surface area contributed by atoms with Crippen molar-refractivity contribution in [2.24, 2.45) is 0 Å². The number of imide groups is 1. The van der Waals surface area contributed by atoms with Gasteiger partial charge in [0, 0.05) is 26.1 Å². The number of carbonyl (C=O) groups is 3. The highest BCUT2D eigenvalue weighted by atomic mass is 16.5. The molecule has 1 fully saturated rings. The summed E-state index contributed by atoms with van der Waals surface area (Å²) >= 11 is 0. The van der Waals surface area contributed by atoms with Gasteiger partial charge in [-0.05, 0) is 23.8 Å². The minimum absolute atomic E-state index is 0.0434. The Labute approximate surface area is 185 Å². The lowest BCUT2D eigenvalue weighted by atomic mass is 10.2. The summed E-state index contributed by atoms with van der Waals surface area (Å²) in [5, 5.41) is 29.2. The highest BCUT2D eigenvalue weighted by Crippen LogP contribution is 2.17. The SMILES string of the molecule is O=C(CCN1C(=O)NC(=Cc2ccc(OCCOCCO)cc2)C1=O)N(CCO)CCO. The second kappa shape index (κ2) is 13.4. The number of urea groups is 1. The van der Waals surface area contributed by atoms with Gasteiger partial charge in [-0.15, -0.1) is 0 Å². The van der Waals surface area contributed by atoms with Crippen LogP contribution >= 0.6 is 0 Å². The maximum absolute atomic E-state index is 12.6. The van der Waals surface area contributed by atoms with Gasteiger partial charge in [-0.25, -0.2) is 4.79 Å². The van der Waals surface area contributed by atoms with Crippen molar-refractivity contribution in [2.75, 3.05) is 59.3 Å². The van der Waals surface area contributed by atoms with Gasteiger partial charge in [0.05, 0.1) is 33.0 Å². The molecule has 1 saturated heterocycles. The quantitative estimate of drug-likeness (QED) is 0.163. The van der Waals surface area contributed by atoms with Gasteiger partial charge in [0.2, 0.25) is 5.91 Å². The summed E-state index contributed by atoms with van der Waals surface area (Å²) < 4.78 is 10.6. The molecular weight excluding hydrogens is 422 g/mol. The zero-order valence-electron chi connectivity index (χ0n) is 17.7. The average Bonchev–Trinajstić information content (AvgIpc) is 3.05. The molecule has 0 saturated carbocycles. The van der Waals surface area contributed by atoms with E-state index in [0.29, 0.717) is 24.5 Å². The molecule has 1 aliphatic rings. The lowest BCUT2D eigenvalue weighted by Gasteiger charge is -2.21. The van der Waals surface area contributed by atoms with Crippen molar-refractivity contribution >= 4 is 23.9 Å². The first-order valence-electron chi connectivity index (χ1n) is 10.3. The lowest BCUT2D eigenvalue weighted by Crippen LogP contribution is -2.39. The Morgan fingerprint density at radius 3 is 2.31 bits per heavy atom. The summed E-state index contributed by atoms with van der Waals surface area (Å²) in [7, 11) is 0. The normalized spacial score (nSPS) is 14.7. The van der Waals surface area contributed by atoms with Gasteiger partial charge in [0.1, 0.15) is 18.1 Å². The Hall–Kier alpha value is -2.99. The third kappa shape index (κ3) is 7.61. The van der Waals surface area contributed by atoms with E-state index in [1.807, 2.05) is 0 Å². The highest BCUT2D eigenvalue weighted by Gasteiger charge is 2.33. The largest absolute Gasteiger partial charge is 0.491 e. The van der Waals surface area contributed by atoms with Crippen molar-refractivity contribution < 1.29 is 39.2 Å². The number of hydrogen-bond donors (Lipinski definition) is 4. The molecule has 1 heterocycles. The Balaban J connectivity index is 1.90. The predicted molar refractivity (Wildman–Crippen MR) is 113 cm³/mol. The smallest absolute Gasteiger partial charge is 0.329 e. The van der Waals surface area contributed by atoms with Crippen molar-refractivity contribution in [1.82, 2.24) is 15.1 Å². The molecule has 2 rings (SSSR count). The topological polar surface area (TPSA) is 149 Å². The standard InChI is InChI=1S/C21H29N3O8/c25-9-7-23(8-10-26)19(28)5-6-24-20(29)18(22-21(24)30)15-16-1-3-17(4-2-16)32-14-13-31-12-11-27/h1-4,15,25-27H,5-14H2,(H,22,30). The van der Waals surface area contributed by atoms with Crippen LogP contribution in [-0.4, -0.2) is 102 Å².